The lowest BCUT2D eigenvalue weighted by Gasteiger charge is -2.33. The number of hydrogen-bond donors (Lipinski definition) is 2. The van der Waals surface area contributed by atoms with Crippen molar-refractivity contribution in [2.24, 2.45) is 5.41 Å². The fourth-order valence-electron chi connectivity index (χ4n) is 4.53. The molecule has 1 aromatic carbocycles. The highest BCUT2D eigenvalue weighted by molar-refractivity contribution is 5.82. The highest BCUT2D eigenvalue weighted by Gasteiger charge is 2.43. The predicted octanol–water partition coefficient (Wildman–Crippen LogP) is 2.65. The van der Waals surface area contributed by atoms with Gasteiger partial charge < -0.3 is 15.5 Å². The Morgan fingerprint density at radius 2 is 1.93 bits per heavy atom. The van der Waals surface area contributed by atoms with Crippen LogP contribution in [0.25, 0.3) is 0 Å². The number of benzene rings is 1. The van der Waals surface area contributed by atoms with Gasteiger partial charge in [-0.25, -0.2) is 0 Å². The molecule has 5 heteroatoms. The monoisotopic (exact) mass is 378 g/mol. The number of piperidine rings is 1. The van der Waals surface area contributed by atoms with Crippen molar-refractivity contribution in [1.29, 1.82) is 0 Å². The van der Waals surface area contributed by atoms with Gasteiger partial charge in [0.15, 0.2) is 0 Å². The first-order valence-corrected chi connectivity index (χ1v) is 10.3. The second kappa shape index (κ2) is 8.41. The van der Waals surface area contributed by atoms with Gasteiger partial charge in [-0.15, -0.1) is 0 Å². The predicted molar refractivity (Wildman–Crippen MR) is 111 cm³/mol. The normalized spacial score (nSPS) is 21.0. The van der Waals surface area contributed by atoms with E-state index >= 15 is 0 Å². The van der Waals surface area contributed by atoms with Crippen molar-refractivity contribution in [3.63, 3.8) is 0 Å². The van der Waals surface area contributed by atoms with Crippen LogP contribution in [0, 0.1) is 12.3 Å². The number of amides is 1. The van der Waals surface area contributed by atoms with Crippen LogP contribution in [-0.4, -0.2) is 41.5 Å². The largest absolute Gasteiger partial charge is 0.331 e. The minimum atomic E-state index is -0.0918. The molecule has 2 aromatic rings. The number of carbonyl (C=O) groups excluding carboxylic acids is 1. The van der Waals surface area contributed by atoms with Gasteiger partial charge in [0.1, 0.15) is 0 Å². The van der Waals surface area contributed by atoms with Crippen LogP contribution >= 0.6 is 0 Å². The average Bonchev–Trinajstić information content (AvgIpc) is 3.13. The molecule has 1 atom stereocenters. The number of aryl methyl sites for hydroxylation is 1. The molecule has 28 heavy (non-hydrogen) atoms. The Kier molecular flexibility index (Phi) is 5.74. The van der Waals surface area contributed by atoms with Gasteiger partial charge in [-0.3, -0.25) is 9.78 Å². The molecule has 2 aliphatic heterocycles. The van der Waals surface area contributed by atoms with Crippen LogP contribution in [-0.2, 0) is 17.9 Å². The Bertz CT molecular complexity index is 801. The Labute approximate surface area is 167 Å². The summed E-state index contributed by atoms with van der Waals surface area (Å²) in [7, 11) is 0. The third-order valence-corrected chi connectivity index (χ3v) is 6.31. The Balaban J connectivity index is 1.52. The molecule has 2 saturated heterocycles. The van der Waals surface area contributed by atoms with Gasteiger partial charge in [-0.05, 0) is 61.9 Å². The van der Waals surface area contributed by atoms with Crippen molar-refractivity contribution >= 4 is 5.91 Å². The van der Waals surface area contributed by atoms with E-state index in [1.807, 2.05) is 35.4 Å². The molecule has 2 fully saturated rings. The maximum Gasteiger partial charge on any atom is 0.240 e. The molecule has 0 saturated carbocycles. The van der Waals surface area contributed by atoms with Crippen LogP contribution in [0.4, 0.5) is 0 Å². The molecular formula is C23H30N4O. The fourth-order valence-corrected chi connectivity index (χ4v) is 4.53. The lowest BCUT2D eigenvalue weighted by molar-refractivity contribution is -0.134. The van der Waals surface area contributed by atoms with E-state index in [9.17, 15) is 4.79 Å². The molecule has 1 spiro atoms. The maximum atomic E-state index is 13.5. The van der Waals surface area contributed by atoms with Gasteiger partial charge >= 0.3 is 0 Å². The third-order valence-electron chi connectivity index (χ3n) is 6.31. The van der Waals surface area contributed by atoms with Crippen molar-refractivity contribution in [2.75, 3.05) is 19.6 Å². The molecule has 148 valence electrons. The van der Waals surface area contributed by atoms with E-state index in [2.05, 4.69) is 40.7 Å². The minimum absolute atomic E-state index is 0.0918. The molecule has 3 heterocycles. The lowest BCUT2D eigenvalue weighted by Crippen LogP contribution is -2.43. The summed E-state index contributed by atoms with van der Waals surface area (Å²) in [5.74, 6) is 0.198. The topological polar surface area (TPSA) is 57.3 Å². The smallest absolute Gasteiger partial charge is 0.240 e. The second-order valence-electron chi connectivity index (χ2n) is 8.33. The SMILES string of the molecule is Cc1cccnc1CN(Cc1ccccc1)C(=O)[C@H]1CC2(CCNCC2)CN1. The summed E-state index contributed by atoms with van der Waals surface area (Å²) in [6.45, 7) is 6.29. The maximum absolute atomic E-state index is 13.5. The summed E-state index contributed by atoms with van der Waals surface area (Å²) in [6, 6.07) is 14.2. The number of pyridine rings is 1. The van der Waals surface area contributed by atoms with Crippen molar-refractivity contribution in [1.82, 2.24) is 20.5 Å². The zero-order valence-corrected chi connectivity index (χ0v) is 16.7. The first-order chi connectivity index (χ1) is 13.7. The summed E-state index contributed by atoms with van der Waals surface area (Å²) in [6.07, 6.45) is 5.06. The fraction of sp³-hybridized carbons (Fsp3) is 0.478. The first-order valence-electron chi connectivity index (χ1n) is 10.3. The molecule has 0 bridgehead atoms. The van der Waals surface area contributed by atoms with Gasteiger partial charge in [0, 0.05) is 19.3 Å². The van der Waals surface area contributed by atoms with Crippen LogP contribution < -0.4 is 10.6 Å². The van der Waals surface area contributed by atoms with Gasteiger partial charge in [0.2, 0.25) is 5.91 Å². The molecule has 2 aliphatic rings. The quantitative estimate of drug-likeness (QED) is 0.840. The number of nitrogens with zero attached hydrogens (tertiary/aromatic N) is 2. The van der Waals surface area contributed by atoms with Crippen LogP contribution in [0.5, 0.6) is 0 Å². The van der Waals surface area contributed by atoms with E-state index in [0.29, 0.717) is 13.1 Å². The summed E-state index contributed by atoms with van der Waals surface area (Å²) in [5.41, 5.74) is 3.54. The molecular weight excluding hydrogens is 348 g/mol. The van der Waals surface area contributed by atoms with Crippen LogP contribution in [0.1, 0.15) is 36.1 Å². The standard InChI is InChI=1S/C23H30N4O/c1-18-6-5-11-25-21(18)16-27(15-19-7-3-2-4-8-19)22(28)20-14-23(17-26-20)9-12-24-13-10-23/h2-8,11,20,24,26H,9-10,12-17H2,1H3/t20-/m1/s1. The molecule has 0 aliphatic carbocycles. The lowest BCUT2D eigenvalue weighted by atomic mass is 9.77. The van der Waals surface area contributed by atoms with Crippen molar-refractivity contribution in [3.05, 3.63) is 65.5 Å². The Morgan fingerprint density at radius 3 is 2.68 bits per heavy atom. The van der Waals surface area contributed by atoms with Gasteiger partial charge in [-0.1, -0.05) is 36.4 Å². The molecule has 1 amide bonds. The van der Waals surface area contributed by atoms with E-state index < -0.39 is 0 Å². The number of nitrogens with one attached hydrogen (secondary N) is 2. The van der Waals surface area contributed by atoms with Crippen molar-refractivity contribution < 1.29 is 4.79 Å². The Hall–Kier alpha value is -2.24. The second-order valence-corrected chi connectivity index (χ2v) is 8.33. The van der Waals surface area contributed by atoms with Crippen molar-refractivity contribution in [2.45, 2.75) is 45.3 Å². The highest BCUT2D eigenvalue weighted by atomic mass is 16.2. The molecule has 4 rings (SSSR count). The van der Waals surface area contributed by atoms with Crippen LogP contribution in [0.3, 0.4) is 0 Å². The summed E-state index contributed by atoms with van der Waals surface area (Å²) >= 11 is 0. The van der Waals surface area contributed by atoms with E-state index in [1.54, 1.807) is 0 Å². The summed E-state index contributed by atoms with van der Waals surface area (Å²) in [5, 5.41) is 6.99. The summed E-state index contributed by atoms with van der Waals surface area (Å²) in [4.78, 5) is 20.0. The number of hydrogen-bond acceptors (Lipinski definition) is 4. The van der Waals surface area contributed by atoms with Gasteiger partial charge in [0.05, 0.1) is 18.3 Å². The number of carbonyl (C=O) groups is 1. The van der Waals surface area contributed by atoms with Crippen LogP contribution in [0.2, 0.25) is 0 Å². The molecule has 2 N–H and O–H groups in total. The van der Waals surface area contributed by atoms with E-state index in [-0.39, 0.29) is 17.4 Å². The molecule has 0 unspecified atom stereocenters. The van der Waals surface area contributed by atoms with Gasteiger partial charge in [-0.2, -0.15) is 0 Å². The number of aromatic nitrogens is 1. The molecule has 0 radical (unpaired) electrons. The molecule has 5 nitrogen and oxygen atoms in total. The highest BCUT2D eigenvalue weighted by Crippen LogP contribution is 2.38. The third kappa shape index (κ3) is 4.26. The zero-order valence-electron chi connectivity index (χ0n) is 16.7. The molecule has 1 aromatic heterocycles. The summed E-state index contributed by atoms with van der Waals surface area (Å²) < 4.78 is 0. The van der Waals surface area contributed by atoms with Crippen molar-refractivity contribution in [3.8, 4) is 0 Å². The van der Waals surface area contributed by atoms with E-state index in [0.717, 1.165) is 55.7 Å². The Morgan fingerprint density at radius 1 is 1.14 bits per heavy atom. The minimum Gasteiger partial charge on any atom is -0.331 e. The van der Waals surface area contributed by atoms with Gasteiger partial charge in [0.25, 0.3) is 0 Å². The first kappa shape index (κ1) is 19.1. The average molecular weight is 379 g/mol. The number of rotatable bonds is 5. The van der Waals surface area contributed by atoms with Crippen LogP contribution in [0.15, 0.2) is 48.7 Å². The van der Waals surface area contributed by atoms with E-state index in [4.69, 9.17) is 0 Å². The van der Waals surface area contributed by atoms with E-state index in [1.165, 1.54) is 0 Å². The zero-order chi connectivity index (χ0) is 19.4.